The molecule has 1 atom stereocenters. The van der Waals surface area contributed by atoms with Gasteiger partial charge in [-0.15, -0.1) is 0 Å². The molecule has 19 heavy (non-hydrogen) atoms. The van der Waals surface area contributed by atoms with Gasteiger partial charge in [-0.1, -0.05) is 30.3 Å². The average Bonchev–Trinajstić information content (AvgIpc) is 2.42. The van der Waals surface area contributed by atoms with Gasteiger partial charge < -0.3 is 10.2 Å². The second-order valence-electron chi connectivity index (χ2n) is 5.65. The maximum atomic E-state index is 12.1. The Labute approximate surface area is 116 Å². The van der Waals surface area contributed by atoms with Crippen LogP contribution in [0.5, 0.6) is 0 Å². The zero-order chi connectivity index (χ0) is 13.7. The SMILES string of the molecule is C[C@H](NC(=O)CC1CCN(C)CC1)c1ccccc1. The van der Waals surface area contributed by atoms with Crippen LogP contribution in [0.3, 0.4) is 0 Å². The van der Waals surface area contributed by atoms with E-state index >= 15 is 0 Å². The standard InChI is InChI=1S/C16H24N2O/c1-13(15-6-4-3-5-7-15)17-16(19)12-14-8-10-18(2)11-9-14/h3-7,13-14H,8-12H2,1-2H3,(H,17,19)/t13-/m0/s1. The van der Waals surface area contributed by atoms with E-state index in [0.717, 1.165) is 25.9 Å². The molecule has 1 amide bonds. The molecule has 0 radical (unpaired) electrons. The first kappa shape index (κ1) is 14.1. The van der Waals surface area contributed by atoms with Gasteiger partial charge in [-0.25, -0.2) is 0 Å². The van der Waals surface area contributed by atoms with Crippen LogP contribution in [0.1, 0.15) is 37.8 Å². The monoisotopic (exact) mass is 260 g/mol. The molecule has 0 aliphatic carbocycles. The molecule has 3 heteroatoms. The average molecular weight is 260 g/mol. The lowest BCUT2D eigenvalue weighted by molar-refractivity contribution is -0.123. The van der Waals surface area contributed by atoms with Crippen LogP contribution in [0.4, 0.5) is 0 Å². The van der Waals surface area contributed by atoms with Crippen LogP contribution in [0, 0.1) is 5.92 Å². The van der Waals surface area contributed by atoms with E-state index in [1.165, 1.54) is 5.56 Å². The molecule has 1 heterocycles. The zero-order valence-corrected chi connectivity index (χ0v) is 11.9. The topological polar surface area (TPSA) is 32.3 Å². The van der Waals surface area contributed by atoms with Gasteiger partial charge in [-0.2, -0.15) is 0 Å². The maximum Gasteiger partial charge on any atom is 0.220 e. The summed E-state index contributed by atoms with van der Waals surface area (Å²) in [6.07, 6.45) is 2.96. The highest BCUT2D eigenvalue weighted by Crippen LogP contribution is 2.20. The summed E-state index contributed by atoms with van der Waals surface area (Å²) in [6, 6.07) is 10.2. The maximum absolute atomic E-state index is 12.1. The number of amides is 1. The quantitative estimate of drug-likeness (QED) is 0.902. The van der Waals surface area contributed by atoms with Crippen LogP contribution in [0.25, 0.3) is 0 Å². The van der Waals surface area contributed by atoms with Crippen molar-refractivity contribution in [1.82, 2.24) is 10.2 Å². The van der Waals surface area contributed by atoms with E-state index in [9.17, 15) is 4.79 Å². The van der Waals surface area contributed by atoms with E-state index in [2.05, 4.69) is 29.4 Å². The van der Waals surface area contributed by atoms with Gasteiger partial charge in [0.1, 0.15) is 0 Å². The number of nitrogens with one attached hydrogen (secondary N) is 1. The third-order valence-corrected chi connectivity index (χ3v) is 3.99. The van der Waals surface area contributed by atoms with E-state index in [-0.39, 0.29) is 11.9 Å². The summed E-state index contributed by atoms with van der Waals surface area (Å²) < 4.78 is 0. The van der Waals surface area contributed by atoms with E-state index in [0.29, 0.717) is 12.3 Å². The molecule has 1 aromatic rings. The molecule has 104 valence electrons. The third kappa shape index (κ3) is 4.35. The number of nitrogens with zero attached hydrogens (tertiary/aromatic N) is 1. The molecule has 1 aliphatic rings. The molecule has 0 aromatic heterocycles. The molecule has 1 aromatic carbocycles. The molecule has 2 rings (SSSR count). The lowest BCUT2D eigenvalue weighted by atomic mass is 9.93. The highest BCUT2D eigenvalue weighted by atomic mass is 16.1. The molecule has 1 saturated heterocycles. The fourth-order valence-corrected chi connectivity index (χ4v) is 2.65. The number of benzene rings is 1. The van der Waals surface area contributed by atoms with Crippen molar-refractivity contribution in [1.29, 1.82) is 0 Å². The Morgan fingerprint density at radius 1 is 1.32 bits per heavy atom. The van der Waals surface area contributed by atoms with Crippen molar-refractivity contribution in [3.8, 4) is 0 Å². The summed E-state index contributed by atoms with van der Waals surface area (Å²) in [6.45, 7) is 4.28. The first-order valence-electron chi connectivity index (χ1n) is 7.18. The smallest absolute Gasteiger partial charge is 0.220 e. The Morgan fingerprint density at radius 2 is 1.95 bits per heavy atom. The molecular formula is C16H24N2O. The summed E-state index contributed by atoms with van der Waals surface area (Å²) in [5.41, 5.74) is 1.17. The van der Waals surface area contributed by atoms with Gasteiger partial charge in [0.05, 0.1) is 6.04 Å². The number of carbonyl (C=O) groups excluding carboxylic acids is 1. The molecule has 1 aliphatic heterocycles. The predicted octanol–water partition coefficient (Wildman–Crippen LogP) is 2.60. The van der Waals surface area contributed by atoms with E-state index in [4.69, 9.17) is 0 Å². The molecule has 1 N–H and O–H groups in total. The van der Waals surface area contributed by atoms with Crippen molar-refractivity contribution in [2.45, 2.75) is 32.2 Å². The van der Waals surface area contributed by atoms with Crippen LogP contribution in [-0.4, -0.2) is 30.9 Å². The second kappa shape index (κ2) is 6.71. The van der Waals surface area contributed by atoms with Gasteiger partial charge in [-0.05, 0) is 51.4 Å². The number of likely N-dealkylation sites (tertiary alicyclic amines) is 1. The van der Waals surface area contributed by atoms with Gasteiger partial charge in [-0.3, -0.25) is 4.79 Å². The van der Waals surface area contributed by atoms with Crippen molar-refractivity contribution in [3.63, 3.8) is 0 Å². The first-order chi connectivity index (χ1) is 9.15. The Balaban J connectivity index is 1.78. The van der Waals surface area contributed by atoms with Crippen molar-refractivity contribution < 1.29 is 4.79 Å². The highest BCUT2D eigenvalue weighted by Gasteiger charge is 2.20. The van der Waals surface area contributed by atoms with Gasteiger partial charge in [0.2, 0.25) is 5.91 Å². The largest absolute Gasteiger partial charge is 0.350 e. The van der Waals surface area contributed by atoms with Gasteiger partial charge in [0.15, 0.2) is 0 Å². The van der Waals surface area contributed by atoms with E-state index in [1.54, 1.807) is 0 Å². The van der Waals surface area contributed by atoms with Crippen molar-refractivity contribution in [2.75, 3.05) is 20.1 Å². The number of piperidine rings is 1. The molecule has 0 unspecified atom stereocenters. The van der Waals surface area contributed by atoms with Gasteiger partial charge in [0.25, 0.3) is 0 Å². The Morgan fingerprint density at radius 3 is 2.58 bits per heavy atom. The lowest BCUT2D eigenvalue weighted by Gasteiger charge is -2.28. The van der Waals surface area contributed by atoms with Crippen LogP contribution >= 0.6 is 0 Å². The molecule has 0 bridgehead atoms. The summed E-state index contributed by atoms with van der Waals surface area (Å²) >= 11 is 0. The van der Waals surface area contributed by atoms with Crippen molar-refractivity contribution >= 4 is 5.91 Å². The van der Waals surface area contributed by atoms with Crippen molar-refractivity contribution in [2.24, 2.45) is 5.92 Å². The zero-order valence-electron chi connectivity index (χ0n) is 11.9. The molecule has 1 fully saturated rings. The predicted molar refractivity (Wildman–Crippen MR) is 77.8 cm³/mol. The lowest BCUT2D eigenvalue weighted by Crippen LogP contribution is -2.34. The second-order valence-corrected chi connectivity index (χ2v) is 5.65. The first-order valence-corrected chi connectivity index (χ1v) is 7.18. The summed E-state index contributed by atoms with van der Waals surface area (Å²) in [5, 5.41) is 3.10. The van der Waals surface area contributed by atoms with Crippen molar-refractivity contribution in [3.05, 3.63) is 35.9 Å². The van der Waals surface area contributed by atoms with Gasteiger partial charge in [0, 0.05) is 6.42 Å². The normalized spacial score (nSPS) is 19.1. The van der Waals surface area contributed by atoms with Crippen LogP contribution in [-0.2, 0) is 4.79 Å². The van der Waals surface area contributed by atoms with Crippen LogP contribution in [0.2, 0.25) is 0 Å². The Kier molecular flexibility index (Phi) is 4.97. The number of hydrogen-bond donors (Lipinski definition) is 1. The summed E-state index contributed by atoms with van der Waals surface area (Å²) in [5.74, 6) is 0.741. The minimum Gasteiger partial charge on any atom is -0.350 e. The summed E-state index contributed by atoms with van der Waals surface area (Å²) in [4.78, 5) is 14.4. The molecular weight excluding hydrogens is 236 g/mol. The number of carbonyl (C=O) groups is 1. The van der Waals surface area contributed by atoms with Gasteiger partial charge >= 0.3 is 0 Å². The molecule has 0 saturated carbocycles. The van der Waals surface area contributed by atoms with E-state index < -0.39 is 0 Å². The Bertz CT molecular complexity index is 396. The molecule has 0 spiro atoms. The van der Waals surface area contributed by atoms with Crippen LogP contribution in [0.15, 0.2) is 30.3 Å². The third-order valence-electron chi connectivity index (χ3n) is 3.99. The minimum absolute atomic E-state index is 0.0972. The highest BCUT2D eigenvalue weighted by molar-refractivity contribution is 5.76. The minimum atomic E-state index is 0.0972. The summed E-state index contributed by atoms with van der Waals surface area (Å²) in [7, 11) is 2.15. The fourth-order valence-electron chi connectivity index (χ4n) is 2.65. The Hall–Kier alpha value is -1.35. The molecule has 3 nitrogen and oxygen atoms in total. The fraction of sp³-hybridized carbons (Fsp3) is 0.562. The van der Waals surface area contributed by atoms with E-state index in [1.807, 2.05) is 25.1 Å². The van der Waals surface area contributed by atoms with Crippen LogP contribution < -0.4 is 5.32 Å². The number of hydrogen-bond acceptors (Lipinski definition) is 2. The number of rotatable bonds is 4.